The van der Waals surface area contributed by atoms with Gasteiger partial charge < -0.3 is 19.5 Å². The monoisotopic (exact) mass is 474 g/mol. The Morgan fingerprint density at radius 2 is 1.80 bits per heavy atom. The molecule has 0 unspecified atom stereocenters. The Kier molecular flexibility index (Phi) is 6.08. The van der Waals surface area contributed by atoms with E-state index in [2.05, 4.69) is 15.3 Å². The smallest absolute Gasteiger partial charge is 0.310 e. The lowest BCUT2D eigenvalue weighted by Gasteiger charge is -2.35. The maximum Gasteiger partial charge on any atom is 0.310 e. The third-order valence-corrected chi connectivity index (χ3v) is 6.28. The molecule has 1 saturated heterocycles. The van der Waals surface area contributed by atoms with Gasteiger partial charge in [-0.05, 0) is 42.3 Å². The first kappa shape index (κ1) is 22.8. The van der Waals surface area contributed by atoms with Gasteiger partial charge in [0, 0.05) is 12.2 Å². The van der Waals surface area contributed by atoms with Crippen LogP contribution in [0.3, 0.4) is 0 Å². The van der Waals surface area contributed by atoms with Gasteiger partial charge in [0.25, 0.3) is 0 Å². The van der Waals surface area contributed by atoms with Crippen molar-refractivity contribution in [2.75, 3.05) is 37.1 Å². The maximum atomic E-state index is 13.7. The zero-order valence-corrected chi connectivity index (χ0v) is 19.6. The fraction of sp³-hybridized carbons (Fsp3) is 0.308. The number of carbonyl (C=O) groups is 2. The number of hydrogen-bond donors (Lipinski definition) is 1. The first-order chi connectivity index (χ1) is 17.1. The van der Waals surface area contributed by atoms with Crippen molar-refractivity contribution in [1.29, 1.82) is 0 Å². The number of ether oxygens (including phenoxy) is 3. The number of amides is 1. The number of carbonyl (C=O) groups excluding carboxylic acids is 2. The van der Waals surface area contributed by atoms with Gasteiger partial charge in [-0.1, -0.05) is 24.3 Å². The summed E-state index contributed by atoms with van der Waals surface area (Å²) in [6.45, 7) is 3.19. The molecule has 0 bridgehead atoms. The Labute approximate surface area is 203 Å². The molecule has 1 spiro atoms. The Bertz CT molecular complexity index is 1240. The quantitative estimate of drug-likeness (QED) is 0.497. The molecule has 0 atom stereocenters. The van der Waals surface area contributed by atoms with E-state index in [1.165, 1.54) is 6.33 Å². The van der Waals surface area contributed by atoms with Crippen molar-refractivity contribution < 1.29 is 23.8 Å². The number of anilines is 3. The van der Waals surface area contributed by atoms with Crippen molar-refractivity contribution in [2.24, 2.45) is 0 Å². The second-order valence-corrected chi connectivity index (χ2v) is 8.48. The number of fused-ring (bicyclic) bond motifs is 2. The highest BCUT2D eigenvalue weighted by Gasteiger charge is 2.59. The molecule has 0 radical (unpaired) electrons. The average Bonchev–Trinajstić information content (AvgIpc) is 3.12. The zero-order valence-electron chi connectivity index (χ0n) is 19.6. The largest absolute Gasteiger partial charge is 0.497 e. The van der Waals surface area contributed by atoms with Gasteiger partial charge in [0.05, 0.1) is 39.0 Å². The molecule has 2 aromatic carbocycles. The van der Waals surface area contributed by atoms with Crippen LogP contribution in [0.1, 0.15) is 23.7 Å². The Morgan fingerprint density at radius 1 is 1.09 bits per heavy atom. The number of esters is 1. The van der Waals surface area contributed by atoms with Gasteiger partial charge in [0.1, 0.15) is 23.2 Å². The van der Waals surface area contributed by atoms with Gasteiger partial charge in [-0.2, -0.15) is 0 Å². The predicted molar refractivity (Wildman–Crippen MR) is 129 cm³/mol. The highest BCUT2D eigenvalue weighted by molar-refractivity contribution is 6.15. The molecule has 3 aromatic rings. The number of benzene rings is 2. The first-order valence-corrected chi connectivity index (χ1v) is 11.4. The SMILES string of the molecule is CCOC(=O)Cc1ccc(N2C(=O)C3(COC3)c3ncnc(NCc4ccc(OC)cc4)c32)cc1. The van der Waals surface area contributed by atoms with Crippen LogP contribution in [0.4, 0.5) is 17.2 Å². The highest BCUT2D eigenvalue weighted by atomic mass is 16.5. The standard InChI is InChI=1S/C26H26N4O5/c1-3-35-21(31)12-17-4-8-19(9-5-17)30-22-23(26(25(30)32)14-34-15-26)28-16-29-24(22)27-13-18-6-10-20(33-2)11-7-18/h4-11,16H,3,12-15H2,1-2H3,(H,27,28,29). The molecule has 1 amide bonds. The van der Waals surface area contributed by atoms with Crippen LogP contribution in [0.25, 0.3) is 0 Å². The zero-order chi connectivity index (χ0) is 24.4. The van der Waals surface area contributed by atoms with E-state index in [0.29, 0.717) is 36.0 Å². The lowest BCUT2D eigenvalue weighted by Crippen LogP contribution is -2.53. The van der Waals surface area contributed by atoms with E-state index in [1.54, 1.807) is 18.9 Å². The number of rotatable bonds is 8. The highest BCUT2D eigenvalue weighted by Crippen LogP contribution is 2.50. The normalized spacial score (nSPS) is 15.5. The number of hydrogen-bond acceptors (Lipinski definition) is 8. The molecule has 5 rings (SSSR count). The van der Waals surface area contributed by atoms with Crippen LogP contribution in [0, 0.1) is 0 Å². The van der Waals surface area contributed by atoms with E-state index in [-0.39, 0.29) is 31.5 Å². The Hall–Kier alpha value is -3.98. The summed E-state index contributed by atoms with van der Waals surface area (Å²) in [5.41, 5.74) is 3.01. The minimum absolute atomic E-state index is 0.0927. The predicted octanol–water partition coefficient (Wildman–Crippen LogP) is 3.15. The number of aromatic nitrogens is 2. The Morgan fingerprint density at radius 3 is 2.43 bits per heavy atom. The average molecular weight is 475 g/mol. The van der Waals surface area contributed by atoms with Crippen molar-refractivity contribution >= 4 is 29.1 Å². The summed E-state index contributed by atoms with van der Waals surface area (Å²) in [6.07, 6.45) is 1.66. The first-order valence-electron chi connectivity index (χ1n) is 11.4. The fourth-order valence-electron chi connectivity index (χ4n) is 4.37. The molecule has 3 heterocycles. The summed E-state index contributed by atoms with van der Waals surface area (Å²) in [7, 11) is 1.63. The number of methoxy groups -OCH3 is 1. The molecule has 9 nitrogen and oxygen atoms in total. The lowest BCUT2D eigenvalue weighted by molar-refractivity contribution is -0.142. The minimum atomic E-state index is -0.807. The second kappa shape index (κ2) is 9.34. The van der Waals surface area contributed by atoms with Crippen LogP contribution in [0.15, 0.2) is 54.9 Å². The lowest BCUT2D eigenvalue weighted by atomic mass is 9.83. The van der Waals surface area contributed by atoms with Crippen LogP contribution in [0.5, 0.6) is 5.75 Å². The maximum absolute atomic E-state index is 13.7. The molecule has 1 aromatic heterocycles. The summed E-state index contributed by atoms with van der Waals surface area (Å²) in [5.74, 6) is 0.974. The Balaban J connectivity index is 1.45. The summed E-state index contributed by atoms with van der Waals surface area (Å²) in [4.78, 5) is 36.1. The van der Waals surface area contributed by atoms with Gasteiger partial charge in [-0.15, -0.1) is 0 Å². The van der Waals surface area contributed by atoms with Gasteiger partial charge in [0.15, 0.2) is 5.82 Å². The van der Waals surface area contributed by atoms with Crippen LogP contribution in [0.2, 0.25) is 0 Å². The topological polar surface area (TPSA) is 103 Å². The third-order valence-electron chi connectivity index (χ3n) is 6.28. The van der Waals surface area contributed by atoms with Crippen molar-refractivity contribution in [3.63, 3.8) is 0 Å². The molecule has 1 fully saturated rings. The van der Waals surface area contributed by atoms with Gasteiger partial charge in [0.2, 0.25) is 5.91 Å². The minimum Gasteiger partial charge on any atom is -0.497 e. The molecule has 35 heavy (non-hydrogen) atoms. The van der Waals surface area contributed by atoms with E-state index >= 15 is 0 Å². The van der Waals surface area contributed by atoms with Crippen molar-refractivity contribution in [3.8, 4) is 5.75 Å². The third kappa shape index (κ3) is 4.08. The van der Waals surface area contributed by atoms with E-state index in [1.807, 2.05) is 48.5 Å². The molecule has 2 aliphatic rings. The van der Waals surface area contributed by atoms with Gasteiger partial charge in [-0.3, -0.25) is 14.5 Å². The van der Waals surface area contributed by atoms with Crippen LogP contribution >= 0.6 is 0 Å². The second-order valence-electron chi connectivity index (χ2n) is 8.48. The molecule has 9 heteroatoms. The molecule has 2 aliphatic heterocycles. The summed E-state index contributed by atoms with van der Waals surface area (Å²) < 4.78 is 15.7. The van der Waals surface area contributed by atoms with Crippen LogP contribution in [-0.4, -0.2) is 48.8 Å². The van der Waals surface area contributed by atoms with Crippen molar-refractivity contribution in [2.45, 2.75) is 25.3 Å². The molecular formula is C26H26N4O5. The van der Waals surface area contributed by atoms with E-state index in [4.69, 9.17) is 14.2 Å². The van der Waals surface area contributed by atoms with Crippen LogP contribution < -0.4 is 15.0 Å². The van der Waals surface area contributed by atoms with E-state index < -0.39 is 5.41 Å². The number of nitrogens with zero attached hydrogens (tertiary/aromatic N) is 3. The van der Waals surface area contributed by atoms with Crippen molar-refractivity contribution in [3.05, 3.63) is 71.7 Å². The molecule has 180 valence electrons. The number of nitrogens with one attached hydrogen (secondary N) is 1. The molecule has 0 aliphatic carbocycles. The van der Waals surface area contributed by atoms with Crippen LogP contribution in [-0.2, 0) is 37.4 Å². The molecule has 1 N–H and O–H groups in total. The van der Waals surface area contributed by atoms with E-state index in [9.17, 15) is 9.59 Å². The summed E-state index contributed by atoms with van der Waals surface area (Å²) in [5, 5.41) is 3.37. The summed E-state index contributed by atoms with van der Waals surface area (Å²) in [6, 6.07) is 15.1. The van der Waals surface area contributed by atoms with Crippen molar-refractivity contribution in [1.82, 2.24) is 9.97 Å². The fourth-order valence-corrected chi connectivity index (χ4v) is 4.37. The summed E-state index contributed by atoms with van der Waals surface area (Å²) >= 11 is 0. The van der Waals surface area contributed by atoms with Gasteiger partial charge in [-0.25, -0.2) is 9.97 Å². The van der Waals surface area contributed by atoms with Gasteiger partial charge >= 0.3 is 5.97 Å². The molecule has 0 saturated carbocycles. The molecular weight excluding hydrogens is 448 g/mol. The van der Waals surface area contributed by atoms with E-state index in [0.717, 1.165) is 16.9 Å².